The molecule has 2 heterocycles. The molecular weight excluding hydrogens is 303 g/mol. The third-order valence-electron chi connectivity index (χ3n) is 4.10. The first-order chi connectivity index (χ1) is 11.8. The minimum atomic E-state index is -0.266. The minimum Gasteiger partial charge on any atom is -0.327 e. The molecule has 0 spiro atoms. The third kappa shape index (κ3) is 2.48. The molecule has 0 saturated heterocycles. The molecule has 4 nitrogen and oxygen atoms in total. The van der Waals surface area contributed by atoms with E-state index in [9.17, 15) is 4.39 Å². The van der Waals surface area contributed by atoms with Crippen LogP contribution in [0.4, 0.5) is 4.39 Å². The lowest BCUT2D eigenvalue weighted by Gasteiger charge is -2.10. The number of hydrogen-bond acceptors (Lipinski definition) is 2. The van der Waals surface area contributed by atoms with Crippen molar-refractivity contribution in [3.63, 3.8) is 0 Å². The first kappa shape index (κ1) is 14.6. The molecule has 4 aromatic rings. The summed E-state index contributed by atoms with van der Waals surface area (Å²) in [5, 5.41) is 0. The van der Waals surface area contributed by atoms with Crippen LogP contribution in [0.2, 0.25) is 0 Å². The Kier molecular flexibility index (Phi) is 3.61. The zero-order chi connectivity index (χ0) is 16.5. The van der Waals surface area contributed by atoms with Crippen LogP contribution in [0.15, 0.2) is 54.9 Å². The Balaban J connectivity index is 1.77. The van der Waals surface area contributed by atoms with E-state index in [0.717, 1.165) is 29.3 Å². The lowest BCUT2D eigenvalue weighted by Crippen LogP contribution is -2.08. The summed E-state index contributed by atoms with van der Waals surface area (Å²) in [6.45, 7) is 3.42. The second kappa shape index (κ2) is 5.92. The number of fused-ring (bicyclic) bond motifs is 1. The number of imidazole rings is 2. The van der Waals surface area contributed by atoms with Gasteiger partial charge in [0.1, 0.15) is 17.5 Å². The van der Waals surface area contributed by atoms with E-state index in [4.69, 9.17) is 0 Å². The summed E-state index contributed by atoms with van der Waals surface area (Å²) in [5.41, 5.74) is 2.64. The first-order valence-corrected chi connectivity index (χ1v) is 7.88. The Bertz CT molecular complexity index is 985. The topological polar surface area (TPSA) is 35.6 Å². The van der Waals surface area contributed by atoms with Crippen LogP contribution in [-0.2, 0) is 13.1 Å². The Labute approximate surface area is 139 Å². The monoisotopic (exact) mass is 319 g/mol. The van der Waals surface area contributed by atoms with Crippen molar-refractivity contribution < 1.29 is 4.39 Å². The number of aromatic nitrogens is 4. The molecule has 2 aromatic carbocycles. The highest BCUT2D eigenvalue weighted by atomic mass is 19.1. The highest BCUT2D eigenvalue weighted by Crippen LogP contribution is 2.21. The summed E-state index contributed by atoms with van der Waals surface area (Å²) in [5.74, 6) is 1.49. The summed E-state index contributed by atoms with van der Waals surface area (Å²) in [4.78, 5) is 9.07. The van der Waals surface area contributed by atoms with Crippen LogP contribution >= 0.6 is 0 Å². The number of benzene rings is 2. The van der Waals surface area contributed by atoms with Crippen LogP contribution in [0.3, 0.4) is 0 Å². The van der Waals surface area contributed by atoms with Crippen LogP contribution in [0, 0.1) is 11.9 Å². The molecule has 0 N–H and O–H groups in total. The van der Waals surface area contributed by atoms with E-state index in [-0.39, 0.29) is 5.82 Å². The summed E-state index contributed by atoms with van der Waals surface area (Å²) in [7, 11) is 0. The highest BCUT2D eigenvalue weighted by Gasteiger charge is 2.13. The maximum Gasteiger partial charge on any atom is 0.140 e. The van der Waals surface area contributed by atoms with E-state index in [1.165, 1.54) is 12.1 Å². The van der Waals surface area contributed by atoms with Gasteiger partial charge in [-0.2, -0.15) is 0 Å². The third-order valence-corrected chi connectivity index (χ3v) is 4.10. The molecule has 4 rings (SSSR count). The van der Waals surface area contributed by atoms with Gasteiger partial charge in [-0.1, -0.05) is 18.2 Å². The zero-order valence-electron chi connectivity index (χ0n) is 13.3. The number of aryl methyl sites for hydroxylation is 1. The van der Waals surface area contributed by atoms with Gasteiger partial charge in [0.15, 0.2) is 0 Å². The van der Waals surface area contributed by atoms with Crippen molar-refractivity contribution in [1.82, 2.24) is 19.1 Å². The molecule has 24 heavy (non-hydrogen) atoms. The molecule has 0 bridgehead atoms. The second-order valence-corrected chi connectivity index (χ2v) is 5.58. The number of nitrogens with zero attached hydrogens (tertiary/aromatic N) is 4. The van der Waals surface area contributed by atoms with E-state index >= 15 is 0 Å². The number of hydrogen-bond donors (Lipinski definition) is 0. The molecule has 119 valence electrons. The molecule has 0 aliphatic rings. The fourth-order valence-corrected chi connectivity index (χ4v) is 3.01. The van der Waals surface area contributed by atoms with Gasteiger partial charge in [-0.15, -0.1) is 0 Å². The van der Waals surface area contributed by atoms with E-state index in [1.54, 1.807) is 12.3 Å². The van der Waals surface area contributed by atoms with Gasteiger partial charge in [0.05, 0.1) is 17.6 Å². The lowest BCUT2D eigenvalue weighted by molar-refractivity contribution is 0.629. The highest BCUT2D eigenvalue weighted by molar-refractivity contribution is 5.76. The molecule has 0 atom stereocenters. The van der Waals surface area contributed by atoms with Gasteiger partial charge in [0.25, 0.3) is 0 Å². The Morgan fingerprint density at radius 1 is 1.25 bits per heavy atom. The van der Waals surface area contributed by atoms with Crippen molar-refractivity contribution in [2.75, 3.05) is 0 Å². The van der Waals surface area contributed by atoms with Crippen molar-refractivity contribution in [2.24, 2.45) is 0 Å². The van der Waals surface area contributed by atoms with Crippen LogP contribution < -0.4 is 0 Å². The molecule has 0 unspecified atom stereocenters. The summed E-state index contributed by atoms with van der Waals surface area (Å²) < 4.78 is 17.6. The summed E-state index contributed by atoms with van der Waals surface area (Å²) >= 11 is 0. The van der Waals surface area contributed by atoms with Gasteiger partial charge in [-0.3, -0.25) is 0 Å². The average Bonchev–Trinajstić information content (AvgIpc) is 3.19. The average molecular weight is 319 g/mol. The van der Waals surface area contributed by atoms with E-state index in [2.05, 4.69) is 27.5 Å². The van der Waals surface area contributed by atoms with Gasteiger partial charge < -0.3 is 9.13 Å². The lowest BCUT2D eigenvalue weighted by atomic mass is 10.2. The van der Waals surface area contributed by atoms with Crippen molar-refractivity contribution in [3.8, 4) is 11.4 Å². The Hall–Kier alpha value is -2.95. The largest absolute Gasteiger partial charge is 0.327 e. The normalized spacial score (nSPS) is 11.2. The Morgan fingerprint density at radius 2 is 2.17 bits per heavy atom. The summed E-state index contributed by atoms with van der Waals surface area (Å²) in [6.07, 6.45) is 3.71. The van der Waals surface area contributed by atoms with Crippen LogP contribution in [0.5, 0.6) is 0 Å². The molecule has 0 amide bonds. The standard InChI is InChI=1S/C19H16FN4/c1-2-24-17-9-8-15(20)12-16(17)22-18(24)13-23-11-10-21-19(23)14-6-4-3-5-7-14/h3-4,6-12H,2,13H2,1H3. The van der Waals surface area contributed by atoms with Gasteiger partial charge in [-0.25, -0.2) is 14.4 Å². The predicted molar refractivity (Wildman–Crippen MR) is 91.0 cm³/mol. The fraction of sp³-hybridized carbons (Fsp3) is 0.158. The number of rotatable bonds is 4. The molecule has 5 heteroatoms. The van der Waals surface area contributed by atoms with Gasteiger partial charge >= 0.3 is 0 Å². The smallest absolute Gasteiger partial charge is 0.140 e. The fourth-order valence-electron chi connectivity index (χ4n) is 3.01. The maximum atomic E-state index is 13.5. The van der Waals surface area contributed by atoms with Crippen molar-refractivity contribution in [2.45, 2.75) is 20.0 Å². The molecular formula is C19H16FN4. The van der Waals surface area contributed by atoms with Crippen molar-refractivity contribution >= 4 is 11.0 Å². The van der Waals surface area contributed by atoms with Crippen molar-refractivity contribution in [1.29, 1.82) is 0 Å². The van der Waals surface area contributed by atoms with Crippen LogP contribution in [0.25, 0.3) is 22.4 Å². The van der Waals surface area contributed by atoms with Crippen LogP contribution in [-0.4, -0.2) is 19.1 Å². The van der Waals surface area contributed by atoms with Crippen LogP contribution in [0.1, 0.15) is 12.7 Å². The minimum absolute atomic E-state index is 0.266. The second-order valence-electron chi connectivity index (χ2n) is 5.58. The van der Waals surface area contributed by atoms with E-state index in [0.29, 0.717) is 12.1 Å². The summed E-state index contributed by atoms with van der Waals surface area (Å²) in [6, 6.07) is 15.5. The molecule has 1 radical (unpaired) electrons. The maximum absolute atomic E-state index is 13.5. The zero-order valence-corrected chi connectivity index (χ0v) is 13.3. The van der Waals surface area contributed by atoms with E-state index in [1.807, 2.05) is 35.0 Å². The number of halogens is 1. The Morgan fingerprint density at radius 3 is 2.96 bits per heavy atom. The quantitative estimate of drug-likeness (QED) is 0.572. The SMILES string of the molecule is CCn1c(Cn2ccnc2-c2c[c]ccc2)nc2cc(F)ccc21. The predicted octanol–water partition coefficient (Wildman–Crippen LogP) is 3.91. The molecule has 2 aromatic heterocycles. The molecule has 0 aliphatic heterocycles. The van der Waals surface area contributed by atoms with Gasteiger partial charge in [0.2, 0.25) is 0 Å². The molecule has 0 fully saturated rings. The molecule has 0 saturated carbocycles. The first-order valence-electron chi connectivity index (χ1n) is 7.88. The molecule has 0 aliphatic carbocycles. The van der Waals surface area contributed by atoms with E-state index < -0.39 is 0 Å². The van der Waals surface area contributed by atoms with Crippen molar-refractivity contribution in [3.05, 3.63) is 72.6 Å². The van der Waals surface area contributed by atoms with Gasteiger partial charge in [0, 0.05) is 30.6 Å². The van der Waals surface area contributed by atoms with Gasteiger partial charge in [-0.05, 0) is 31.2 Å².